The highest BCUT2D eigenvalue weighted by Gasteiger charge is 2.28. The SMILES string of the molecule is CC(C)(C)NC(=O)C1CCCN(c2ccccn2)C1. The predicted molar refractivity (Wildman–Crippen MR) is 77.1 cm³/mol. The van der Waals surface area contributed by atoms with Crippen LogP contribution in [0.2, 0.25) is 0 Å². The summed E-state index contributed by atoms with van der Waals surface area (Å²) < 4.78 is 0. The quantitative estimate of drug-likeness (QED) is 0.888. The van der Waals surface area contributed by atoms with Gasteiger partial charge < -0.3 is 10.2 Å². The highest BCUT2D eigenvalue weighted by Crippen LogP contribution is 2.21. The molecular weight excluding hydrogens is 238 g/mol. The number of amides is 1. The Morgan fingerprint density at radius 3 is 2.84 bits per heavy atom. The monoisotopic (exact) mass is 261 g/mol. The third kappa shape index (κ3) is 3.94. The van der Waals surface area contributed by atoms with Gasteiger partial charge in [-0.1, -0.05) is 6.07 Å². The summed E-state index contributed by atoms with van der Waals surface area (Å²) >= 11 is 0. The molecule has 0 saturated carbocycles. The molecule has 104 valence electrons. The first-order valence-corrected chi connectivity index (χ1v) is 6.94. The number of rotatable bonds is 2. The molecule has 1 saturated heterocycles. The summed E-state index contributed by atoms with van der Waals surface area (Å²) in [5.41, 5.74) is -0.162. The van der Waals surface area contributed by atoms with Crippen molar-refractivity contribution in [1.29, 1.82) is 0 Å². The Morgan fingerprint density at radius 2 is 2.21 bits per heavy atom. The zero-order valence-corrected chi connectivity index (χ0v) is 12.0. The van der Waals surface area contributed by atoms with E-state index in [2.05, 4.69) is 15.2 Å². The molecule has 0 aliphatic carbocycles. The summed E-state index contributed by atoms with van der Waals surface area (Å²) in [6, 6.07) is 5.91. The topological polar surface area (TPSA) is 45.2 Å². The number of hydrogen-bond acceptors (Lipinski definition) is 3. The van der Waals surface area contributed by atoms with Crippen LogP contribution in [0.4, 0.5) is 5.82 Å². The molecule has 19 heavy (non-hydrogen) atoms. The van der Waals surface area contributed by atoms with Gasteiger partial charge in [0.15, 0.2) is 0 Å². The number of piperidine rings is 1. The van der Waals surface area contributed by atoms with Crippen LogP contribution < -0.4 is 10.2 Å². The van der Waals surface area contributed by atoms with Crippen molar-refractivity contribution < 1.29 is 4.79 Å². The molecule has 2 rings (SSSR count). The van der Waals surface area contributed by atoms with E-state index >= 15 is 0 Å². The van der Waals surface area contributed by atoms with Crippen LogP contribution in [-0.2, 0) is 4.79 Å². The summed E-state index contributed by atoms with van der Waals surface area (Å²) in [6.07, 6.45) is 3.80. The van der Waals surface area contributed by atoms with E-state index in [4.69, 9.17) is 0 Å². The average molecular weight is 261 g/mol. The molecule has 1 atom stereocenters. The van der Waals surface area contributed by atoms with Crippen LogP contribution >= 0.6 is 0 Å². The predicted octanol–water partition coefficient (Wildman–Crippen LogP) is 2.21. The maximum absolute atomic E-state index is 12.2. The van der Waals surface area contributed by atoms with Gasteiger partial charge in [-0.3, -0.25) is 4.79 Å². The Labute approximate surface area is 115 Å². The first-order valence-electron chi connectivity index (χ1n) is 6.94. The van der Waals surface area contributed by atoms with Gasteiger partial charge in [0.05, 0.1) is 5.92 Å². The molecule has 1 aromatic heterocycles. The maximum atomic E-state index is 12.2. The van der Waals surface area contributed by atoms with Gasteiger partial charge in [0.25, 0.3) is 0 Å². The molecule has 4 nitrogen and oxygen atoms in total. The summed E-state index contributed by atoms with van der Waals surface area (Å²) in [4.78, 5) is 18.8. The van der Waals surface area contributed by atoms with Crippen molar-refractivity contribution in [3.05, 3.63) is 24.4 Å². The Kier molecular flexibility index (Phi) is 4.08. The normalized spacial score (nSPS) is 20.2. The van der Waals surface area contributed by atoms with Crippen LogP contribution in [0.1, 0.15) is 33.6 Å². The van der Waals surface area contributed by atoms with Crippen LogP contribution in [0.5, 0.6) is 0 Å². The summed E-state index contributed by atoms with van der Waals surface area (Å²) in [6.45, 7) is 7.80. The van der Waals surface area contributed by atoms with Gasteiger partial charge in [0, 0.05) is 24.8 Å². The number of anilines is 1. The van der Waals surface area contributed by atoms with Gasteiger partial charge in [-0.2, -0.15) is 0 Å². The van der Waals surface area contributed by atoms with Gasteiger partial charge >= 0.3 is 0 Å². The van der Waals surface area contributed by atoms with E-state index in [-0.39, 0.29) is 17.4 Å². The molecule has 1 amide bonds. The van der Waals surface area contributed by atoms with E-state index in [9.17, 15) is 4.79 Å². The number of carbonyl (C=O) groups is 1. The summed E-state index contributed by atoms with van der Waals surface area (Å²) in [5, 5.41) is 3.07. The minimum Gasteiger partial charge on any atom is -0.356 e. The first-order chi connectivity index (χ1) is 8.96. The number of hydrogen-bond donors (Lipinski definition) is 1. The van der Waals surface area contributed by atoms with Crippen LogP contribution in [-0.4, -0.2) is 29.5 Å². The van der Waals surface area contributed by atoms with E-state index in [1.54, 1.807) is 6.20 Å². The van der Waals surface area contributed by atoms with Crippen molar-refractivity contribution in [3.8, 4) is 0 Å². The third-order valence-corrected chi connectivity index (χ3v) is 3.26. The van der Waals surface area contributed by atoms with E-state index in [1.807, 2.05) is 39.0 Å². The van der Waals surface area contributed by atoms with E-state index in [0.29, 0.717) is 0 Å². The first kappa shape index (κ1) is 13.8. The minimum absolute atomic E-state index is 0.0648. The van der Waals surface area contributed by atoms with Crippen molar-refractivity contribution in [2.75, 3.05) is 18.0 Å². The van der Waals surface area contributed by atoms with Gasteiger partial charge in [-0.25, -0.2) is 4.98 Å². The van der Waals surface area contributed by atoms with Gasteiger partial charge in [0.1, 0.15) is 5.82 Å². The number of carbonyl (C=O) groups excluding carboxylic acids is 1. The molecule has 2 heterocycles. The Balaban J connectivity index is 2.00. The lowest BCUT2D eigenvalue weighted by Gasteiger charge is -2.34. The van der Waals surface area contributed by atoms with Crippen molar-refractivity contribution >= 4 is 11.7 Å². The molecular formula is C15H23N3O. The fourth-order valence-electron chi connectivity index (χ4n) is 2.41. The average Bonchev–Trinajstić information content (AvgIpc) is 2.38. The molecule has 1 aliphatic heterocycles. The molecule has 1 N–H and O–H groups in total. The summed E-state index contributed by atoms with van der Waals surface area (Å²) in [5.74, 6) is 1.19. The smallest absolute Gasteiger partial charge is 0.225 e. The second-order valence-corrected chi connectivity index (χ2v) is 6.21. The second kappa shape index (κ2) is 5.59. The van der Waals surface area contributed by atoms with Gasteiger partial charge in [0.2, 0.25) is 5.91 Å². The highest BCUT2D eigenvalue weighted by atomic mass is 16.2. The number of pyridine rings is 1. The fourth-order valence-corrected chi connectivity index (χ4v) is 2.41. The lowest BCUT2D eigenvalue weighted by Crippen LogP contribution is -2.48. The molecule has 0 bridgehead atoms. The largest absolute Gasteiger partial charge is 0.356 e. The van der Waals surface area contributed by atoms with Crippen LogP contribution in [0, 0.1) is 5.92 Å². The molecule has 0 radical (unpaired) electrons. The van der Waals surface area contributed by atoms with E-state index < -0.39 is 0 Å². The second-order valence-electron chi connectivity index (χ2n) is 6.21. The Hall–Kier alpha value is -1.58. The molecule has 0 aromatic carbocycles. The van der Waals surface area contributed by atoms with Crippen LogP contribution in [0.25, 0.3) is 0 Å². The molecule has 1 aromatic rings. The third-order valence-electron chi connectivity index (χ3n) is 3.26. The van der Waals surface area contributed by atoms with Gasteiger partial charge in [-0.15, -0.1) is 0 Å². The number of nitrogens with one attached hydrogen (secondary N) is 1. The lowest BCUT2D eigenvalue weighted by atomic mass is 9.95. The Morgan fingerprint density at radius 1 is 1.42 bits per heavy atom. The van der Waals surface area contributed by atoms with Crippen molar-refractivity contribution in [3.63, 3.8) is 0 Å². The zero-order chi connectivity index (χ0) is 13.9. The van der Waals surface area contributed by atoms with Crippen molar-refractivity contribution in [2.45, 2.75) is 39.2 Å². The Bertz CT molecular complexity index is 425. The van der Waals surface area contributed by atoms with E-state index in [1.165, 1.54) is 0 Å². The van der Waals surface area contributed by atoms with Crippen molar-refractivity contribution in [2.24, 2.45) is 5.92 Å². The minimum atomic E-state index is -0.162. The zero-order valence-electron chi connectivity index (χ0n) is 12.0. The lowest BCUT2D eigenvalue weighted by molar-refractivity contribution is -0.126. The fraction of sp³-hybridized carbons (Fsp3) is 0.600. The molecule has 4 heteroatoms. The van der Waals surface area contributed by atoms with Crippen molar-refractivity contribution in [1.82, 2.24) is 10.3 Å². The van der Waals surface area contributed by atoms with E-state index in [0.717, 1.165) is 31.7 Å². The van der Waals surface area contributed by atoms with Crippen LogP contribution in [0.3, 0.4) is 0 Å². The molecule has 0 spiro atoms. The highest BCUT2D eigenvalue weighted by molar-refractivity contribution is 5.80. The van der Waals surface area contributed by atoms with Crippen LogP contribution in [0.15, 0.2) is 24.4 Å². The maximum Gasteiger partial charge on any atom is 0.225 e. The molecule has 1 fully saturated rings. The number of nitrogens with zero attached hydrogens (tertiary/aromatic N) is 2. The molecule has 1 unspecified atom stereocenters. The summed E-state index contributed by atoms with van der Waals surface area (Å²) in [7, 11) is 0. The number of aromatic nitrogens is 1. The molecule has 1 aliphatic rings. The standard InChI is InChI=1S/C15H23N3O/c1-15(2,3)17-14(19)12-7-6-10-18(11-12)13-8-4-5-9-16-13/h4-5,8-9,12H,6-7,10-11H2,1-3H3,(H,17,19). The van der Waals surface area contributed by atoms with Gasteiger partial charge in [-0.05, 0) is 45.7 Å².